The maximum absolute atomic E-state index is 13.7. The first-order valence-electron chi connectivity index (χ1n) is 7.32. The van der Waals surface area contributed by atoms with Crippen molar-refractivity contribution in [1.82, 2.24) is 10.0 Å². The van der Waals surface area contributed by atoms with E-state index in [0.29, 0.717) is 21.9 Å². The van der Waals surface area contributed by atoms with E-state index in [-0.39, 0.29) is 23.5 Å². The topological polar surface area (TPSA) is 71.3 Å². The van der Waals surface area contributed by atoms with Crippen LogP contribution in [0.5, 0.6) is 0 Å². The van der Waals surface area contributed by atoms with Gasteiger partial charge in [0.25, 0.3) is 11.5 Å². The van der Waals surface area contributed by atoms with Crippen LogP contribution in [0.15, 0.2) is 53.5 Å². The largest absolute Gasteiger partial charge is 0.311 e. The van der Waals surface area contributed by atoms with Crippen LogP contribution in [0, 0.1) is 12.7 Å². The van der Waals surface area contributed by atoms with E-state index in [4.69, 9.17) is 5.21 Å². The zero-order valence-electron chi connectivity index (χ0n) is 12.9. The highest BCUT2D eigenvalue weighted by molar-refractivity contribution is 5.97. The summed E-state index contributed by atoms with van der Waals surface area (Å²) in [6, 6.07) is 11.2. The summed E-state index contributed by atoms with van der Waals surface area (Å²) in [5.74, 6) is -1.00. The molecule has 0 aliphatic rings. The number of pyridine rings is 1. The molecule has 0 spiro atoms. The van der Waals surface area contributed by atoms with E-state index in [2.05, 4.69) is 0 Å². The SMILES string of the molecule is Cc1ccc(Cn2ccc3ccc(C(=O)NO)cc3c2=O)cc1F. The lowest BCUT2D eigenvalue weighted by Crippen LogP contribution is -2.22. The molecule has 0 aliphatic heterocycles. The van der Waals surface area contributed by atoms with Crippen LogP contribution in [0.2, 0.25) is 0 Å². The lowest BCUT2D eigenvalue weighted by atomic mass is 10.1. The summed E-state index contributed by atoms with van der Waals surface area (Å²) in [5, 5.41) is 9.74. The molecule has 0 saturated carbocycles. The Labute approximate surface area is 136 Å². The van der Waals surface area contributed by atoms with Crippen molar-refractivity contribution >= 4 is 16.7 Å². The minimum atomic E-state index is -0.688. The predicted molar refractivity (Wildman–Crippen MR) is 87.7 cm³/mol. The van der Waals surface area contributed by atoms with Crippen molar-refractivity contribution in [3.8, 4) is 0 Å². The molecule has 0 radical (unpaired) electrons. The average molecular weight is 326 g/mol. The molecule has 1 aromatic heterocycles. The van der Waals surface area contributed by atoms with Gasteiger partial charge in [0.05, 0.1) is 6.54 Å². The number of benzene rings is 2. The summed E-state index contributed by atoms with van der Waals surface area (Å²) < 4.78 is 15.1. The van der Waals surface area contributed by atoms with E-state index in [1.165, 1.54) is 22.8 Å². The first-order chi connectivity index (χ1) is 11.5. The average Bonchev–Trinajstić information content (AvgIpc) is 2.59. The zero-order chi connectivity index (χ0) is 17.3. The van der Waals surface area contributed by atoms with Crippen LogP contribution in [-0.4, -0.2) is 15.7 Å². The molecule has 6 heteroatoms. The Kier molecular flexibility index (Phi) is 4.14. The molecule has 0 aliphatic carbocycles. The molecular formula is C18H15FN2O3. The van der Waals surface area contributed by atoms with Crippen LogP contribution >= 0.6 is 0 Å². The fourth-order valence-electron chi connectivity index (χ4n) is 2.54. The third-order valence-corrected chi connectivity index (χ3v) is 3.93. The van der Waals surface area contributed by atoms with Crippen molar-refractivity contribution in [2.45, 2.75) is 13.5 Å². The number of nitrogens with one attached hydrogen (secondary N) is 1. The second kappa shape index (κ2) is 6.25. The van der Waals surface area contributed by atoms with Gasteiger partial charge in [-0.05, 0) is 47.7 Å². The van der Waals surface area contributed by atoms with Crippen LogP contribution in [0.25, 0.3) is 10.8 Å². The van der Waals surface area contributed by atoms with Gasteiger partial charge in [-0.3, -0.25) is 14.8 Å². The third-order valence-electron chi connectivity index (χ3n) is 3.93. The van der Waals surface area contributed by atoms with Gasteiger partial charge in [0.2, 0.25) is 0 Å². The molecule has 5 nitrogen and oxygen atoms in total. The van der Waals surface area contributed by atoms with Crippen molar-refractivity contribution < 1.29 is 14.4 Å². The van der Waals surface area contributed by atoms with Crippen LogP contribution in [0.1, 0.15) is 21.5 Å². The first kappa shape index (κ1) is 15.9. The molecule has 2 aromatic carbocycles. The second-order valence-corrected chi connectivity index (χ2v) is 5.58. The predicted octanol–water partition coefficient (Wildman–Crippen LogP) is 2.62. The molecule has 1 heterocycles. The molecule has 0 saturated heterocycles. The summed E-state index contributed by atoms with van der Waals surface area (Å²) in [5.41, 5.74) is 2.65. The van der Waals surface area contributed by atoms with E-state index >= 15 is 0 Å². The number of rotatable bonds is 3. The highest BCUT2D eigenvalue weighted by Crippen LogP contribution is 2.14. The number of aromatic nitrogens is 1. The number of aryl methyl sites for hydroxylation is 1. The number of nitrogens with zero attached hydrogens (tertiary/aromatic N) is 1. The van der Waals surface area contributed by atoms with Gasteiger partial charge in [-0.1, -0.05) is 18.2 Å². The Hall–Kier alpha value is -2.99. The number of halogens is 1. The quantitative estimate of drug-likeness (QED) is 0.574. The lowest BCUT2D eigenvalue weighted by Gasteiger charge is -2.09. The highest BCUT2D eigenvalue weighted by Gasteiger charge is 2.09. The molecule has 0 bridgehead atoms. The van der Waals surface area contributed by atoms with E-state index in [1.807, 2.05) is 0 Å². The third kappa shape index (κ3) is 2.91. The zero-order valence-corrected chi connectivity index (χ0v) is 12.9. The number of hydrogen-bond acceptors (Lipinski definition) is 3. The Bertz CT molecular complexity index is 995. The van der Waals surface area contributed by atoms with E-state index in [0.717, 1.165) is 0 Å². The number of amides is 1. The summed E-state index contributed by atoms with van der Waals surface area (Å²) in [6.07, 6.45) is 1.63. The van der Waals surface area contributed by atoms with Crippen LogP contribution in [-0.2, 0) is 6.54 Å². The van der Waals surface area contributed by atoms with E-state index in [1.54, 1.807) is 42.9 Å². The van der Waals surface area contributed by atoms with Crippen LogP contribution < -0.4 is 11.0 Å². The Morgan fingerprint density at radius 2 is 2.00 bits per heavy atom. The van der Waals surface area contributed by atoms with E-state index < -0.39 is 5.91 Å². The fraction of sp³-hybridized carbons (Fsp3) is 0.111. The minimum absolute atomic E-state index is 0.182. The van der Waals surface area contributed by atoms with Crippen molar-refractivity contribution in [2.24, 2.45) is 0 Å². The number of fused-ring (bicyclic) bond motifs is 1. The standard InChI is InChI=1S/C18H15FN2O3/c1-11-2-3-12(8-16(11)19)10-21-7-6-13-4-5-14(17(22)20-24)9-15(13)18(21)23/h2-9,24H,10H2,1H3,(H,20,22). The van der Waals surface area contributed by atoms with Crippen molar-refractivity contribution in [3.05, 3.63) is 81.5 Å². The first-order valence-corrected chi connectivity index (χ1v) is 7.32. The Balaban J connectivity index is 2.05. The van der Waals surface area contributed by atoms with Gasteiger partial charge < -0.3 is 4.57 Å². The van der Waals surface area contributed by atoms with Crippen molar-refractivity contribution in [2.75, 3.05) is 0 Å². The molecular weight excluding hydrogens is 311 g/mol. The van der Waals surface area contributed by atoms with Gasteiger partial charge in [-0.15, -0.1) is 0 Å². The molecule has 3 aromatic rings. The van der Waals surface area contributed by atoms with E-state index in [9.17, 15) is 14.0 Å². The molecule has 1 amide bonds. The second-order valence-electron chi connectivity index (χ2n) is 5.58. The summed E-state index contributed by atoms with van der Waals surface area (Å²) in [6.45, 7) is 1.90. The Morgan fingerprint density at radius 3 is 2.71 bits per heavy atom. The molecule has 3 rings (SSSR count). The van der Waals surface area contributed by atoms with Gasteiger partial charge in [0.15, 0.2) is 0 Å². The van der Waals surface area contributed by atoms with Crippen molar-refractivity contribution in [1.29, 1.82) is 0 Å². The molecule has 0 atom stereocenters. The number of hydroxylamine groups is 1. The highest BCUT2D eigenvalue weighted by atomic mass is 19.1. The number of carbonyl (C=O) groups is 1. The summed E-state index contributed by atoms with van der Waals surface area (Å²) >= 11 is 0. The fourth-order valence-corrected chi connectivity index (χ4v) is 2.54. The van der Waals surface area contributed by atoms with Gasteiger partial charge in [0.1, 0.15) is 5.82 Å². The molecule has 24 heavy (non-hydrogen) atoms. The van der Waals surface area contributed by atoms with Crippen molar-refractivity contribution in [3.63, 3.8) is 0 Å². The lowest BCUT2D eigenvalue weighted by molar-refractivity contribution is 0.0706. The molecule has 2 N–H and O–H groups in total. The van der Waals surface area contributed by atoms with Crippen LogP contribution in [0.3, 0.4) is 0 Å². The Morgan fingerprint density at radius 1 is 1.21 bits per heavy atom. The van der Waals surface area contributed by atoms with Gasteiger partial charge in [-0.2, -0.15) is 0 Å². The van der Waals surface area contributed by atoms with Gasteiger partial charge >= 0.3 is 0 Å². The number of hydrogen-bond donors (Lipinski definition) is 2. The van der Waals surface area contributed by atoms with Gasteiger partial charge in [-0.25, -0.2) is 9.87 Å². The summed E-state index contributed by atoms with van der Waals surface area (Å²) in [4.78, 5) is 24.1. The maximum Gasteiger partial charge on any atom is 0.274 e. The normalized spacial score (nSPS) is 10.8. The smallest absolute Gasteiger partial charge is 0.274 e. The molecule has 0 fully saturated rings. The minimum Gasteiger partial charge on any atom is -0.311 e. The number of carbonyl (C=O) groups excluding carboxylic acids is 1. The summed E-state index contributed by atoms with van der Waals surface area (Å²) in [7, 11) is 0. The molecule has 122 valence electrons. The molecule has 0 unspecified atom stereocenters. The maximum atomic E-state index is 13.7. The van der Waals surface area contributed by atoms with Gasteiger partial charge in [0, 0.05) is 17.1 Å². The van der Waals surface area contributed by atoms with Crippen LogP contribution in [0.4, 0.5) is 4.39 Å². The monoisotopic (exact) mass is 326 g/mol.